The Morgan fingerprint density at radius 3 is 2.36 bits per heavy atom. The Kier molecular flexibility index (Phi) is 13.6. The van der Waals surface area contributed by atoms with Crippen LogP contribution < -0.4 is 20.1 Å². The van der Waals surface area contributed by atoms with Gasteiger partial charge in [0.15, 0.2) is 0 Å². The first-order valence-electron chi connectivity index (χ1n) is 16.9. The summed E-state index contributed by atoms with van der Waals surface area (Å²) < 4.78 is 46.1. The van der Waals surface area contributed by atoms with Gasteiger partial charge in [-0.3, -0.25) is 4.79 Å². The van der Waals surface area contributed by atoms with Crippen LogP contribution in [0.4, 0.5) is 16.2 Å². The van der Waals surface area contributed by atoms with Gasteiger partial charge in [-0.2, -0.15) is 4.31 Å². The summed E-state index contributed by atoms with van der Waals surface area (Å²) in [6, 6.07) is 17.4. The van der Waals surface area contributed by atoms with Gasteiger partial charge < -0.3 is 34.9 Å². The largest absolute Gasteiger partial charge is 0.497 e. The van der Waals surface area contributed by atoms with E-state index in [1.165, 1.54) is 11.4 Å². The molecule has 3 amide bonds. The smallest absolute Gasteiger partial charge is 0.323 e. The van der Waals surface area contributed by atoms with Crippen molar-refractivity contribution in [2.24, 2.45) is 5.92 Å². The van der Waals surface area contributed by atoms with Crippen LogP contribution in [-0.2, 0) is 14.8 Å². The minimum Gasteiger partial charge on any atom is -0.497 e. The highest BCUT2D eigenvalue weighted by Crippen LogP contribution is 2.29. The molecule has 1 heterocycles. The monoisotopic (exact) mass is 710 g/mol. The van der Waals surface area contributed by atoms with Gasteiger partial charge in [0.25, 0.3) is 5.91 Å². The summed E-state index contributed by atoms with van der Waals surface area (Å²) >= 11 is 0. The standard InChI is InChI=1S/C37H50N4O8S/c1-25-10-17-32(18-11-25)50(45,46)40(5)23-35-26(2)22-41(27(3)24-42)36(43)33-21-30(14-19-34(33)49-28(4)9-7-8-20-48-35)39-37(44)38-29-12-15-31(47-6)16-13-29/h10-19,21,26-28,35,42H,7-9,20,22-24H2,1-6H3,(H2,38,39,44)/t26-,27+,28-,35-/m0/s1. The molecule has 0 bridgehead atoms. The number of carbonyl (C=O) groups is 2. The zero-order chi connectivity index (χ0) is 36.4. The van der Waals surface area contributed by atoms with E-state index in [-0.39, 0.29) is 42.2 Å². The molecule has 0 aromatic heterocycles. The summed E-state index contributed by atoms with van der Waals surface area (Å²) in [5.74, 6) is 0.283. The van der Waals surface area contributed by atoms with Crippen LogP contribution in [0.15, 0.2) is 71.6 Å². The molecule has 0 fully saturated rings. The summed E-state index contributed by atoms with van der Waals surface area (Å²) in [4.78, 5) is 29.0. The minimum absolute atomic E-state index is 0.0698. The maximum Gasteiger partial charge on any atom is 0.323 e. The lowest BCUT2D eigenvalue weighted by atomic mass is 10.0. The molecule has 4 rings (SSSR count). The van der Waals surface area contributed by atoms with Crippen molar-refractivity contribution in [3.63, 3.8) is 0 Å². The van der Waals surface area contributed by atoms with Crippen molar-refractivity contribution < 1.29 is 37.3 Å². The van der Waals surface area contributed by atoms with Gasteiger partial charge in [0.1, 0.15) is 11.5 Å². The summed E-state index contributed by atoms with van der Waals surface area (Å²) in [6.45, 7) is 7.82. The topological polar surface area (TPSA) is 147 Å². The maximum absolute atomic E-state index is 14.4. The molecule has 3 aromatic carbocycles. The fourth-order valence-electron chi connectivity index (χ4n) is 5.67. The summed E-state index contributed by atoms with van der Waals surface area (Å²) in [6.07, 6.45) is 1.44. The van der Waals surface area contributed by atoms with Gasteiger partial charge in [-0.15, -0.1) is 0 Å². The molecular formula is C37H50N4O8S. The Hall–Kier alpha value is -4.17. The number of hydrogen-bond donors (Lipinski definition) is 3. The molecule has 0 unspecified atom stereocenters. The van der Waals surface area contributed by atoms with Crippen molar-refractivity contribution in [1.29, 1.82) is 0 Å². The first kappa shape index (κ1) is 38.6. The fraction of sp³-hybridized carbons (Fsp3) is 0.459. The molecule has 0 spiro atoms. The second-order valence-electron chi connectivity index (χ2n) is 12.9. The number of hydrogen-bond acceptors (Lipinski definition) is 8. The van der Waals surface area contributed by atoms with Crippen molar-refractivity contribution in [3.05, 3.63) is 77.9 Å². The Labute approximate surface area is 295 Å². The average molecular weight is 711 g/mol. The summed E-state index contributed by atoms with van der Waals surface area (Å²) in [7, 11) is -0.706. The number of aryl methyl sites for hydroxylation is 1. The molecule has 1 aliphatic heterocycles. The summed E-state index contributed by atoms with van der Waals surface area (Å²) in [5.41, 5.74) is 2.11. The molecule has 272 valence electrons. The lowest BCUT2D eigenvalue weighted by Crippen LogP contribution is -2.48. The number of nitrogens with one attached hydrogen (secondary N) is 2. The van der Waals surface area contributed by atoms with Crippen molar-refractivity contribution >= 4 is 33.3 Å². The molecule has 4 atom stereocenters. The van der Waals surface area contributed by atoms with E-state index < -0.39 is 34.1 Å². The van der Waals surface area contributed by atoms with Gasteiger partial charge in [0.05, 0.1) is 42.4 Å². The lowest BCUT2D eigenvalue weighted by molar-refractivity contribution is -0.00833. The number of amides is 3. The maximum atomic E-state index is 14.4. The van der Waals surface area contributed by atoms with Gasteiger partial charge in [-0.25, -0.2) is 13.2 Å². The van der Waals surface area contributed by atoms with Crippen LogP contribution in [0.25, 0.3) is 0 Å². The van der Waals surface area contributed by atoms with Crippen molar-refractivity contribution in [1.82, 2.24) is 9.21 Å². The molecule has 0 saturated heterocycles. The van der Waals surface area contributed by atoms with Crippen LogP contribution in [0.3, 0.4) is 0 Å². The second kappa shape index (κ2) is 17.7. The second-order valence-corrected chi connectivity index (χ2v) is 15.0. The van der Waals surface area contributed by atoms with E-state index in [0.717, 1.165) is 18.4 Å². The molecule has 0 saturated carbocycles. The normalized spacial score (nSPS) is 19.9. The zero-order valence-electron chi connectivity index (χ0n) is 29.7. The van der Waals surface area contributed by atoms with E-state index in [2.05, 4.69) is 10.6 Å². The SMILES string of the molecule is COc1ccc(NC(=O)Nc2ccc3c(c2)C(=O)N([C@H](C)CO)C[C@H](C)[C@H](CN(C)S(=O)(=O)c2ccc(C)cc2)OCCCC[C@H](C)O3)cc1. The first-order valence-corrected chi connectivity index (χ1v) is 18.4. The highest BCUT2D eigenvalue weighted by molar-refractivity contribution is 7.89. The van der Waals surface area contributed by atoms with Gasteiger partial charge in [0.2, 0.25) is 10.0 Å². The van der Waals surface area contributed by atoms with Crippen LogP contribution >= 0.6 is 0 Å². The predicted octanol–water partition coefficient (Wildman–Crippen LogP) is 5.76. The third-order valence-corrected chi connectivity index (χ3v) is 10.7. The van der Waals surface area contributed by atoms with E-state index in [1.807, 2.05) is 20.8 Å². The molecule has 50 heavy (non-hydrogen) atoms. The number of likely N-dealkylation sites (N-methyl/N-ethyl adjacent to an activating group) is 1. The molecule has 3 N–H and O–H groups in total. The number of urea groups is 1. The predicted molar refractivity (Wildman–Crippen MR) is 194 cm³/mol. The van der Waals surface area contributed by atoms with Crippen LogP contribution in [0.5, 0.6) is 11.5 Å². The number of methoxy groups -OCH3 is 1. The molecule has 0 radical (unpaired) electrons. The quantitative estimate of drug-likeness (QED) is 0.254. The average Bonchev–Trinajstić information content (AvgIpc) is 3.09. The van der Waals surface area contributed by atoms with Gasteiger partial charge in [-0.05, 0) is 94.6 Å². The minimum atomic E-state index is -3.80. The third-order valence-electron chi connectivity index (χ3n) is 8.82. The number of benzene rings is 3. The van der Waals surface area contributed by atoms with Crippen molar-refractivity contribution in [2.45, 2.75) is 70.1 Å². The van der Waals surface area contributed by atoms with Crippen LogP contribution in [0.1, 0.15) is 56.0 Å². The molecule has 13 heteroatoms. The van der Waals surface area contributed by atoms with E-state index >= 15 is 0 Å². The third kappa shape index (κ3) is 10.2. The highest BCUT2D eigenvalue weighted by Gasteiger charge is 2.32. The Balaban J connectivity index is 1.61. The number of aliphatic hydroxyl groups excluding tert-OH is 1. The molecule has 12 nitrogen and oxygen atoms in total. The van der Waals surface area contributed by atoms with Gasteiger partial charge in [0, 0.05) is 44.0 Å². The fourth-order valence-corrected chi connectivity index (χ4v) is 6.86. The Morgan fingerprint density at radius 2 is 1.70 bits per heavy atom. The van der Waals surface area contributed by atoms with Gasteiger partial charge >= 0.3 is 6.03 Å². The molecular weight excluding hydrogens is 660 g/mol. The number of anilines is 2. The molecule has 3 aromatic rings. The van der Waals surface area contributed by atoms with E-state index in [4.69, 9.17) is 14.2 Å². The number of fused-ring (bicyclic) bond motifs is 1. The number of sulfonamides is 1. The van der Waals surface area contributed by atoms with Crippen LogP contribution in [0, 0.1) is 12.8 Å². The molecule has 1 aliphatic rings. The lowest BCUT2D eigenvalue weighted by Gasteiger charge is -2.35. The van der Waals surface area contributed by atoms with E-state index in [0.29, 0.717) is 35.9 Å². The van der Waals surface area contributed by atoms with Gasteiger partial charge in [-0.1, -0.05) is 24.6 Å². The van der Waals surface area contributed by atoms with E-state index in [1.54, 1.807) is 85.7 Å². The number of aliphatic hydroxyl groups is 1. The highest BCUT2D eigenvalue weighted by atomic mass is 32.2. The number of rotatable bonds is 9. The van der Waals surface area contributed by atoms with Crippen LogP contribution in [-0.4, -0.2) is 93.4 Å². The molecule has 0 aliphatic carbocycles. The number of ether oxygens (including phenoxy) is 3. The Bertz CT molecular complexity index is 1680. The van der Waals surface area contributed by atoms with Crippen molar-refractivity contribution in [2.75, 3.05) is 51.1 Å². The Morgan fingerprint density at radius 1 is 1.04 bits per heavy atom. The summed E-state index contributed by atoms with van der Waals surface area (Å²) in [5, 5.41) is 15.8. The van der Waals surface area contributed by atoms with E-state index in [9.17, 15) is 23.1 Å². The zero-order valence-corrected chi connectivity index (χ0v) is 30.5. The number of carbonyl (C=O) groups excluding carboxylic acids is 2. The first-order chi connectivity index (χ1) is 23.8. The number of nitrogens with zero attached hydrogens (tertiary/aromatic N) is 2. The van der Waals surface area contributed by atoms with Crippen molar-refractivity contribution in [3.8, 4) is 11.5 Å². The van der Waals surface area contributed by atoms with Crippen LogP contribution in [0.2, 0.25) is 0 Å².